The van der Waals surface area contributed by atoms with Gasteiger partial charge in [-0.2, -0.15) is 0 Å². The van der Waals surface area contributed by atoms with Crippen molar-refractivity contribution in [1.29, 1.82) is 0 Å². The third-order valence-corrected chi connectivity index (χ3v) is 2.55. The van der Waals surface area contributed by atoms with Crippen molar-refractivity contribution in [2.75, 3.05) is 5.32 Å². The molecule has 6 heteroatoms. The van der Waals surface area contributed by atoms with Crippen LogP contribution in [0.25, 0.3) is 11.4 Å². The molecule has 0 aliphatic carbocycles. The summed E-state index contributed by atoms with van der Waals surface area (Å²) in [5.41, 5.74) is 7.03. The molecule has 2 rings (SSSR count). The van der Waals surface area contributed by atoms with Crippen molar-refractivity contribution >= 4 is 11.6 Å². The highest BCUT2D eigenvalue weighted by atomic mass is 16.2. The molecule has 0 aliphatic heterocycles. The van der Waals surface area contributed by atoms with E-state index in [2.05, 4.69) is 15.5 Å². The van der Waals surface area contributed by atoms with E-state index in [0.717, 1.165) is 5.56 Å². The normalized spacial score (nSPS) is 12.2. The predicted octanol–water partition coefficient (Wildman–Crippen LogP) is 0.768. The molecule has 0 saturated carbocycles. The Kier molecular flexibility index (Phi) is 3.38. The number of aromatic nitrogens is 3. The Balaban J connectivity index is 2.38. The largest absolute Gasteiger partial charge is 0.324 e. The Morgan fingerprint density at radius 3 is 2.78 bits per heavy atom. The van der Waals surface area contributed by atoms with Crippen LogP contribution in [-0.4, -0.2) is 26.7 Å². The molecule has 18 heavy (non-hydrogen) atoms. The molecule has 0 unspecified atom stereocenters. The van der Waals surface area contributed by atoms with Crippen molar-refractivity contribution in [2.45, 2.75) is 13.0 Å². The number of carbonyl (C=O) groups is 1. The van der Waals surface area contributed by atoms with Gasteiger partial charge in [0.15, 0.2) is 5.82 Å². The van der Waals surface area contributed by atoms with Crippen LogP contribution < -0.4 is 11.1 Å². The Hall–Kier alpha value is -2.21. The summed E-state index contributed by atoms with van der Waals surface area (Å²) in [4.78, 5) is 11.6. The van der Waals surface area contributed by atoms with Crippen LogP contribution in [0.2, 0.25) is 0 Å². The van der Waals surface area contributed by atoms with Crippen LogP contribution >= 0.6 is 0 Å². The lowest BCUT2D eigenvalue weighted by Crippen LogP contribution is -2.32. The molecule has 0 bridgehead atoms. The molecule has 0 saturated heterocycles. The lowest BCUT2D eigenvalue weighted by molar-refractivity contribution is -0.117. The molecule has 1 aromatic heterocycles. The molecule has 0 radical (unpaired) electrons. The minimum atomic E-state index is -0.558. The number of carbonyl (C=O) groups excluding carboxylic acids is 1. The van der Waals surface area contributed by atoms with E-state index in [1.54, 1.807) is 17.8 Å². The van der Waals surface area contributed by atoms with E-state index < -0.39 is 6.04 Å². The molecular formula is C12H15N5O. The second-order valence-electron chi connectivity index (χ2n) is 4.09. The van der Waals surface area contributed by atoms with Crippen molar-refractivity contribution in [3.05, 3.63) is 30.6 Å². The van der Waals surface area contributed by atoms with Crippen molar-refractivity contribution in [3.63, 3.8) is 0 Å². The standard InChI is InChI=1S/C12H15N5O/c1-8(13)12(18)15-10-6-4-3-5-9(10)11-16-14-7-17(11)2/h3-8H,13H2,1-2H3,(H,15,18)/t8-/m0/s1. The minimum Gasteiger partial charge on any atom is -0.324 e. The lowest BCUT2D eigenvalue weighted by Gasteiger charge is -2.11. The van der Waals surface area contributed by atoms with E-state index in [0.29, 0.717) is 11.5 Å². The smallest absolute Gasteiger partial charge is 0.241 e. The van der Waals surface area contributed by atoms with Gasteiger partial charge in [0.25, 0.3) is 0 Å². The molecule has 0 spiro atoms. The van der Waals surface area contributed by atoms with Crippen molar-refractivity contribution in [1.82, 2.24) is 14.8 Å². The number of amides is 1. The van der Waals surface area contributed by atoms with Gasteiger partial charge in [0.2, 0.25) is 5.91 Å². The van der Waals surface area contributed by atoms with Gasteiger partial charge in [-0.1, -0.05) is 12.1 Å². The third kappa shape index (κ3) is 2.38. The number of anilines is 1. The van der Waals surface area contributed by atoms with Crippen molar-refractivity contribution < 1.29 is 4.79 Å². The Labute approximate surface area is 105 Å². The summed E-state index contributed by atoms with van der Waals surface area (Å²) in [5, 5.41) is 10.6. The highest BCUT2D eigenvalue weighted by Gasteiger charge is 2.13. The fourth-order valence-electron chi connectivity index (χ4n) is 1.56. The van der Waals surface area contributed by atoms with Crippen LogP contribution in [0.4, 0.5) is 5.69 Å². The molecule has 94 valence electrons. The van der Waals surface area contributed by atoms with E-state index in [4.69, 9.17) is 5.73 Å². The Bertz CT molecular complexity index is 561. The van der Waals surface area contributed by atoms with Crippen LogP contribution in [0.15, 0.2) is 30.6 Å². The van der Waals surface area contributed by atoms with Gasteiger partial charge in [0.05, 0.1) is 11.7 Å². The zero-order valence-corrected chi connectivity index (χ0v) is 10.3. The number of hydrogen-bond donors (Lipinski definition) is 2. The molecule has 1 heterocycles. The fourth-order valence-corrected chi connectivity index (χ4v) is 1.56. The average Bonchev–Trinajstić information content (AvgIpc) is 2.76. The van der Waals surface area contributed by atoms with Gasteiger partial charge in [-0.3, -0.25) is 4.79 Å². The number of rotatable bonds is 3. The van der Waals surface area contributed by atoms with Crippen LogP contribution in [0.5, 0.6) is 0 Å². The van der Waals surface area contributed by atoms with Crippen LogP contribution in [0.3, 0.4) is 0 Å². The van der Waals surface area contributed by atoms with Crippen molar-refractivity contribution in [3.8, 4) is 11.4 Å². The number of para-hydroxylation sites is 1. The quantitative estimate of drug-likeness (QED) is 0.836. The highest BCUT2D eigenvalue weighted by molar-refractivity contribution is 5.97. The minimum absolute atomic E-state index is 0.232. The summed E-state index contributed by atoms with van der Waals surface area (Å²) in [6.45, 7) is 1.64. The van der Waals surface area contributed by atoms with Gasteiger partial charge in [0, 0.05) is 12.6 Å². The van der Waals surface area contributed by atoms with Gasteiger partial charge < -0.3 is 15.6 Å². The maximum Gasteiger partial charge on any atom is 0.241 e. The molecule has 1 atom stereocenters. The number of benzene rings is 1. The number of hydrogen-bond acceptors (Lipinski definition) is 4. The molecule has 3 N–H and O–H groups in total. The van der Waals surface area contributed by atoms with E-state index in [1.807, 2.05) is 31.3 Å². The first-order valence-corrected chi connectivity index (χ1v) is 5.59. The van der Waals surface area contributed by atoms with E-state index in [1.165, 1.54) is 0 Å². The summed E-state index contributed by atoms with van der Waals surface area (Å²) in [6, 6.07) is 6.85. The number of nitrogens with zero attached hydrogens (tertiary/aromatic N) is 3. The monoisotopic (exact) mass is 245 g/mol. The second kappa shape index (κ2) is 4.97. The molecule has 6 nitrogen and oxygen atoms in total. The summed E-state index contributed by atoms with van der Waals surface area (Å²) < 4.78 is 1.79. The first-order valence-electron chi connectivity index (χ1n) is 5.59. The first kappa shape index (κ1) is 12.3. The van der Waals surface area contributed by atoms with Gasteiger partial charge in [0.1, 0.15) is 6.33 Å². The topological polar surface area (TPSA) is 85.8 Å². The van der Waals surface area contributed by atoms with Crippen molar-refractivity contribution in [2.24, 2.45) is 12.8 Å². The predicted molar refractivity (Wildman–Crippen MR) is 68.7 cm³/mol. The molecule has 1 amide bonds. The third-order valence-electron chi connectivity index (χ3n) is 2.55. The first-order chi connectivity index (χ1) is 8.59. The second-order valence-corrected chi connectivity index (χ2v) is 4.09. The summed E-state index contributed by atoms with van der Waals surface area (Å²) in [5.74, 6) is 0.459. The van der Waals surface area contributed by atoms with E-state index in [9.17, 15) is 4.79 Å². The Morgan fingerprint density at radius 2 is 2.17 bits per heavy atom. The SMILES string of the molecule is C[C@H](N)C(=O)Nc1ccccc1-c1nncn1C. The van der Waals surface area contributed by atoms with Gasteiger partial charge in [-0.25, -0.2) is 0 Å². The number of nitrogens with two attached hydrogens (primary N) is 1. The molecule has 1 aromatic carbocycles. The summed E-state index contributed by atoms with van der Waals surface area (Å²) in [7, 11) is 1.85. The average molecular weight is 245 g/mol. The zero-order chi connectivity index (χ0) is 13.1. The summed E-state index contributed by atoms with van der Waals surface area (Å²) in [6.07, 6.45) is 1.61. The maximum absolute atomic E-state index is 11.6. The van der Waals surface area contributed by atoms with Crippen LogP contribution in [0, 0.1) is 0 Å². The van der Waals surface area contributed by atoms with Gasteiger partial charge in [-0.05, 0) is 19.1 Å². The van der Waals surface area contributed by atoms with Gasteiger partial charge in [-0.15, -0.1) is 10.2 Å². The van der Waals surface area contributed by atoms with E-state index in [-0.39, 0.29) is 5.91 Å². The van der Waals surface area contributed by atoms with Crippen LogP contribution in [-0.2, 0) is 11.8 Å². The van der Waals surface area contributed by atoms with Gasteiger partial charge >= 0.3 is 0 Å². The summed E-state index contributed by atoms with van der Waals surface area (Å²) >= 11 is 0. The highest BCUT2D eigenvalue weighted by Crippen LogP contribution is 2.25. The lowest BCUT2D eigenvalue weighted by atomic mass is 10.1. The van der Waals surface area contributed by atoms with Crippen LogP contribution in [0.1, 0.15) is 6.92 Å². The molecule has 2 aromatic rings. The molecule has 0 fully saturated rings. The zero-order valence-electron chi connectivity index (χ0n) is 10.3. The Morgan fingerprint density at radius 1 is 1.44 bits per heavy atom. The fraction of sp³-hybridized carbons (Fsp3) is 0.250. The maximum atomic E-state index is 11.6. The number of nitrogens with one attached hydrogen (secondary N) is 1. The molecule has 0 aliphatic rings. The number of aryl methyl sites for hydroxylation is 1. The molecular weight excluding hydrogens is 230 g/mol. The van der Waals surface area contributed by atoms with E-state index >= 15 is 0 Å².